The Bertz CT molecular complexity index is 1110. The molecule has 1 amide bonds. The fourth-order valence-corrected chi connectivity index (χ4v) is 4.45. The van der Waals surface area contributed by atoms with E-state index < -0.39 is 0 Å². The first-order chi connectivity index (χ1) is 15.8. The van der Waals surface area contributed by atoms with Gasteiger partial charge in [0.1, 0.15) is 6.04 Å². The van der Waals surface area contributed by atoms with Crippen LogP contribution in [0.25, 0.3) is 5.69 Å². The molecule has 5 rings (SSSR count). The van der Waals surface area contributed by atoms with Crippen molar-refractivity contribution in [2.24, 2.45) is 0 Å². The second-order valence-corrected chi connectivity index (χ2v) is 8.06. The highest BCUT2D eigenvalue weighted by molar-refractivity contribution is 5.92. The molecule has 1 aliphatic rings. The number of rotatable bonds is 5. The van der Waals surface area contributed by atoms with E-state index in [1.807, 2.05) is 35.2 Å². The van der Waals surface area contributed by atoms with Crippen LogP contribution in [0.2, 0.25) is 0 Å². The number of quaternary nitrogens is 1. The minimum atomic E-state index is -0.0535. The molecule has 0 spiro atoms. The van der Waals surface area contributed by atoms with Crippen molar-refractivity contribution in [3.63, 3.8) is 0 Å². The number of hydrogen-bond donors (Lipinski definition) is 1. The maximum Gasteiger partial charge on any atom is 0.276 e. The predicted octanol–water partition coefficient (Wildman–Crippen LogP) is 2.40. The molecule has 0 atom stereocenters. The average molecular weight is 425 g/mol. The van der Waals surface area contributed by atoms with Crippen LogP contribution in [0.15, 0.2) is 97.2 Å². The van der Waals surface area contributed by atoms with E-state index >= 15 is 0 Å². The Morgan fingerprint density at radius 1 is 0.781 bits per heavy atom. The Morgan fingerprint density at radius 2 is 1.31 bits per heavy atom. The number of carbonyl (C=O) groups is 1. The number of amides is 1. The second-order valence-electron chi connectivity index (χ2n) is 8.06. The zero-order valence-electron chi connectivity index (χ0n) is 17.8. The molecule has 0 unspecified atom stereocenters. The topological polar surface area (TPSA) is 55.5 Å². The van der Waals surface area contributed by atoms with E-state index in [4.69, 9.17) is 0 Å². The molecule has 2 heterocycles. The summed E-state index contributed by atoms with van der Waals surface area (Å²) in [6.45, 7) is 3.16. The first kappa shape index (κ1) is 20.2. The predicted molar refractivity (Wildman–Crippen MR) is 123 cm³/mol. The fourth-order valence-electron chi connectivity index (χ4n) is 4.45. The average Bonchev–Trinajstić information content (AvgIpc) is 3.37. The van der Waals surface area contributed by atoms with Crippen LogP contribution in [0.1, 0.15) is 27.7 Å². The summed E-state index contributed by atoms with van der Waals surface area (Å²) in [5.74, 6) is -0.0535. The molecule has 1 saturated heterocycles. The highest BCUT2D eigenvalue weighted by Crippen LogP contribution is 2.19. The third kappa shape index (κ3) is 4.18. The maximum absolute atomic E-state index is 13.1. The van der Waals surface area contributed by atoms with Gasteiger partial charge >= 0.3 is 0 Å². The van der Waals surface area contributed by atoms with Gasteiger partial charge in [0.2, 0.25) is 0 Å². The monoisotopic (exact) mass is 424 g/mol. The lowest BCUT2D eigenvalue weighted by molar-refractivity contribution is -0.929. The van der Waals surface area contributed by atoms with Crippen molar-refractivity contribution in [2.75, 3.05) is 26.2 Å². The van der Waals surface area contributed by atoms with E-state index in [1.54, 1.807) is 6.20 Å². The largest absolute Gasteiger partial charge is 0.326 e. The molecule has 32 heavy (non-hydrogen) atoms. The molecule has 1 aliphatic heterocycles. The molecular weight excluding hydrogens is 398 g/mol. The molecule has 6 heteroatoms. The minimum Gasteiger partial charge on any atom is -0.326 e. The first-order valence-electron chi connectivity index (χ1n) is 11.0. The number of carbonyl (C=O) groups excluding carboxylic acids is 1. The molecule has 1 N–H and O–H groups in total. The molecule has 160 valence electrons. The second kappa shape index (κ2) is 9.16. The number of nitrogens with one attached hydrogen (secondary N) is 1. The quantitative estimate of drug-likeness (QED) is 0.535. The molecule has 0 saturated carbocycles. The van der Waals surface area contributed by atoms with E-state index in [-0.39, 0.29) is 11.9 Å². The third-order valence-electron chi connectivity index (χ3n) is 6.07. The number of piperazine rings is 1. The summed E-state index contributed by atoms with van der Waals surface area (Å²) in [6.07, 6.45) is 1.56. The lowest BCUT2D eigenvalue weighted by Crippen LogP contribution is -3.15. The van der Waals surface area contributed by atoms with E-state index in [9.17, 15) is 4.79 Å². The third-order valence-corrected chi connectivity index (χ3v) is 6.07. The van der Waals surface area contributed by atoms with Crippen molar-refractivity contribution < 1.29 is 9.69 Å². The Hall–Kier alpha value is -3.77. The van der Waals surface area contributed by atoms with Gasteiger partial charge in [-0.3, -0.25) is 4.79 Å². The van der Waals surface area contributed by atoms with Crippen LogP contribution in [-0.4, -0.2) is 52.0 Å². The standard InChI is InChI=1S/C26H25N5O/c32-26(24-20-27-31(28-24)23-14-8-3-9-15-23)30-18-16-29(17-19-30)25(21-10-4-1-5-11-21)22-12-6-2-7-13-22/h1-15,20,25H,16-19H2/p+1. The summed E-state index contributed by atoms with van der Waals surface area (Å²) in [4.78, 5) is 17.9. The van der Waals surface area contributed by atoms with Crippen molar-refractivity contribution in [3.8, 4) is 5.69 Å². The minimum absolute atomic E-state index is 0.0535. The van der Waals surface area contributed by atoms with Gasteiger partial charge in [-0.15, -0.1) is 5.10 Å². The molecule has 0 aliphatic carbocycles. The van der Waals surface area contributed by atoms with Crippen molar-refractivity contribution >= 4 is 5.91 Å². The molecule has 1 aromatic heterocycles. The van der Waals surface area contributed by atoms with Crippen LogP contribution >= 0.6 is 0 Å². The normalized spacial score (nSPS) is 14.6. The van der Waals surface area contributed by atoms with Crippen molar-refractivity contribution in [2.45, 2.75) is 6.04 Å². The summed E-state index contributed by atoms with van der Waals surface area (Å²) in [5.41, 5.74) is 3.84. The summed E-state index contributed by atoms with van der Waals surface area (Å²) in [7, 11) is 0. The van der Waals surface area contributed by atoms with Crippen LogP contribution in [0.5, 0.6) is 0 Å². The fraction of sp³-hybridized carbons (Fsp3) is 0.192. The van der Waals surface area contributed by atoms with Gasteiger partial charge < -0.3 is 9.80 Å². The number of aromatic nitrogens is 3. The number of hydrogen-bond acceptors (Lipinski definition) is 3. The Kier molecular flexibility index (Phi) is 5.77. The van der Waals surface area contributed by atoms with Crippen LogP contribution in [0.4, 0.5) is 0 Å². The molecule has 4 aromatic rings. The van der Waals surface area contributed by atoms with Gasteiger partial charge in [-0.1, -0.05) is 78.9 Å². The molecule has 0 radical (unpaired) electrons. The van der Waals surface area contributed by atoms with Gasteiger partial charge in [0.25, 0.3) is 5.91 Å². The molecular formula is C26H26N5O+. The lowest BCUT2D eigenvalue weighted by Gasteiger charge is -2.36. The van der Waals surface area contributed by atoms with E-state index in [1.165, 1.54) is 20.8 Å². The SMILES string of the molecule is O=C(c1cnn(-c2ccccc2)n1)N1CC[NH+](C(c2ccccc2)c2ccccc2)CC1. The van der Waals surface area contributed by atoms with Gasteiger partial charge in [-0.05, 0) is 12.1 Å². The number of para-hydroxylation sites is 1. The molecule has 1 fully saturated rings. The van der Waals surface area contributed by atoms with Crippen LogP contribution in [0.3, 0.4) is 0 Å². The lowest BCUT2D eigenvalue weighted by atomic mass is 9.96. The van der Waals surface area contributed by atoms with Crippen LogP contribution in [-0.2, 0) is 0 Å². The van der Waals surface area contributed by atoms with Crippen LogP contribution < -0.4 is 4.90 Å². The van der Waals surface area contributed by atoms with Crippen LogP contribution in [0, 0.1) is 0 Å². The summed E-state index contributed by atoms with van der Waals surface area (Å²) >= 11 is 0. The van der Waals surface area contributed by atoms with E-state index in [0.29, 0.717) is 18.8 Å². The Balaban J connectivity index is 1.30. The van der Waals surface area contributed by atoms with Crippen molar-refractivity contribution in [3.05, 3.63) is 114 Å². The Morgan fingerprint density at radius 3 is 1.88 bits per heavy atom. The van der Waals surface area contributed by atoms with Gasteiger partial charge in [-0.2, -0.15) is 9.90 Å². The summed E-state index contributed by atoms with van der Waals surface area (Å²) in [6, 6.07) is 31.2. The van der Waals surface area contributed by atoms with Gasteiger partial charge in [0.15, 0.2) is 5.69 Å². The van der Waals surface area contributed by atoms with E-state index in [0.717, 1.165) is 18.8 Å². The van der Waals surface area contributed by atoms with Gasteiger partial charge in [0.05, 0.1) is 38.1 Å². The maximum atomic E-state index is 13.1. The van der Waals surface area contributed by atoms with Gasteiger partial charge in [0, 0.05) is 11.1 Å². The highest BCUT2D eigenvalue weighted by atomic mass is 16.2. The van der Waals surface area contributed by atoms with Crippen molar-refractivity contribution in [1.82, 2.24) is 19.9 Å². The molecule has 6 nitrogen and oxygen atoms in total. The first-order valence-corrected chi connectivity index (χ1v) is 11.0. The molecule has 3 aromatic carbocycles. The highest BCUT2D eigenvalue weighted by Gasteiger charge is 2.32. The zero-order valence-corrected chi connectivity index (χ0v) is 17.8. The van der Waals surface area contributed by atoms with Gasteiger partial charge in [-0.25, -0.2) is 0 Å². The smallest absolute Gasteiger partial charge is 0.276 e. The zero-order chi connectivity index (χ0) is 21.8. The number of nitrogens with zero attached hydrogens (tertiary/aromatic N) is 4. The molecule has 0 bridgehead atoms. The summed E-state index contributed by atoms with van der Waals surface area (Å²) < 4.78 is 0. The van der Waals surface area contributed by atoms with Crippen molar-refractivity contribution in [1.29, 1.82) is 0 Å². The summed E-state index contributed by atoms with van der Waals surface area (Å²) in [5, 5.41) is 8.69. The number of benzene rings is 3. The van der Waals surface area contributed by atoms with E-state index in [2.05, 4.69) is 70.9 Å². The Labute approximate surface area is 187 Å².